The first-order valence-corrected chi connectivity index (χ1v) is 14.5. The van der Waals surface area contributed by atoms with Gasteiger partial charge in [0.25, 0.3) is 5.91 Å². The molecular formula is C32H43N5O5. The Bertz CT molecular complexity index is 1340. The van der Waals surface area contributed by atoms with Crippen molar-refractivity contribution in [1.82, 2.24) is 26.1 Å². The van der Waals surface area contributed by atoms with Crippen LogP contribution in [-0.4, -0.2) is 58.4 Å². The maximum atomic E-state index is 13.2. The third kappa shape index (κ3) is 8.25. The maximum absolute atomic E-state index is 13.2. The zero-order valence-electron chi connectivity index (χ0n) is 25.3. The molecule has 1 fully saturated rings. The summed E-state index contributed by atoms with van der Waals surface area (Å²) in [5, 5.41) is 7.83. The first kappa shape index (κ1) is 32.5. The molecule has 10 heteroatoms. The number of hydrogen-bond acceptors (Lipinski definition) is 7. The number of nitrogens with zero attached hydrogens (tertiary/aromatic N) is 2. The van der Waals surface area contributed by atoms with Crippen LogP contribution in [0.3, 0.4) is 0 Å². The predicted molar refractivity (Wildman–Crippen MR) is 163 cm³/mol. The summed E-state index contributed by atoms with van der Waals surface area (Å²) in [4.78, 5) is 56.4. The second kappa shape index (κ2) is 14.7. The normalized spacial score (nSPS) is 18.3. The van der Waals surface area contributed by atoms with Gasteiger partial charge in [-0.25, -0.2) is 10.4 Å². The van der Waals surface area contributed by atoms with Gasteiger partial charge in [0.05, 0.1) is 17.1 Å². The summed E-state index contributed by atoms with van der Waals surface area (Å²) in [7, 11) is 0. The standard InChI is InChI=1S/C32H43N5O5/c1-8-11-20(5)29(38)35-28(19(3)4)30(39)33-21(6)31(40)37-17-10-12-26(36-37)32(41)42-22(7)25-16-15-24-14-13-23(9-2)18-27(24)34-25/h8-9,11,13-16,18-22,26,28,36H,2,10,12,17H2,1,3-7H3,(H,33,39)(H,35,38). The number of aromatic nitrogens is 1. The zero-order valence-corrected chi connectivity index (χ0v) is 25.3. The van der Waals surface area contributed by atoms with Gasteiger partial charge in [-0.05, 0) is 57.2 Å². The summed E-state index contributed by atoms with van der Waals surface area (Å²) in [5.41, 5.74) is 5.31. The summed E-state index contributed by atoms with van der Waals surface area (Å²) >= 11 is 0. The molecule has 3 N–H and O–H groups in total. The molecule has 1 aromatic heterocycles. The number of allylic oxidation sites excluding steroid dienone is 1. The van der Waals surface area contributed by atoms with Crippen molar-refractivity contribution < 1.29 is 23.9 Å². The van der Waals surface area contributed by atoms with E-state index >= 15 is 0 Å². The molecule has 42 heavy (non-hydrogen) atoms. The van der Waals surface area contributed by atoms with E-state index in [9.17, 15) is 19.2 Å². The molecule has 10 nitrogen and oxygen atoms in total. The highest BCUT2D eigenvalue weighted by molar-refractivity contribution is 5.92. The third-order valence-electron chi connectivity index (χ3n) is 7.29. The minimum atomic E-state index is -0.882. The van der Waals surface area contributed by atoms with Crippen LogP contribution in [0.15, 0.2) is 49.1 Å². The molecule has 2 aromatic rings. The Hall–Kier alpha value is -4.05. The number of benzene rings is 1. The molecule has 1 saturated heterocycles. The van der Waals surface area contributed by atoms with Crippen molar-refractivity contribution in [3.05, 3.63) is 60.3 Å². The van der Waals surface area contributed by atoms with Gasteiger partial charge in [-0.1, -0.05) is 63.8 Å². The monoisotopic (exact) mass is 577 g/mol. The minimum Gasteiger partial charge on any atom is -0.455 e. The van der Waals surface area contributed by atoms with E-state index < -0.39 is 36.1 Å². The first-order valence-electron chi connectivity index (χ1n) is 14.5. The molecule has 3 amide bonds. The number of esters is 1. The van der Waals surface area contributed by atoms with Crippen LogP contribution in [0.4, 0.5) is 0 Å². The Morgan fingerprint density at radius 3 is 2.45 bits per heavy atom. The van der Waals surface area contributed by atoms with Crippen LogP contribution in [0.2, 0.25) is 0 Å². The molecular weight excluding hydrogens is 534 g/mol. The predicted octanol–water partition coefficient (Wildman–Crippen LogP) is 3.84. The number of carbonyl (C=O) groups is 4. The lowest BCUT2D eigenvalue weighted by molar-refractivity contribution is -0.157. The van der Waals surface area contributed by atoms with Crippen molar-refractivity contribution in [2.24, 2.45) is 11.8 Å². The highest BCUT2D eigenvalue weighted by atomic mass is 16.5. The van der Waals surface area contributed by atoms with E-state index in [2.05, 4.69) is 27.6 Å². The Morgan fingerprint density at radius 1 is 1.07 bits per heavy atom. The van der Waals surface area contributed by atoms with E-state index in [4.69, 9.17) is 4.74 Å². The van der Waals surface area contributed by atoms with Crippen LogP contribution in [0.1, 0.15) is 71.7 Å². The maximum Gasteiger partial charge on any atom is 0.325 e. The summed E-state index contributed by atoms with van der Waals surface area (Å²) in [6.07, 6.45) is 5.76. The Labute approximate surface area is 247 Å². The van der Waals surface area contributed by atoms with E-state index in [-0.39, 0.29) is 23.7 Å². The Morgan fingerprint density at radius 2 is 1.79 bits per heavy atom. The van der Waals surface area contributed by atoms with Gasteiger partial charge >= 0.3 is 5.97 Å². The third-order valence-corrected chi connectivity index (χ3v) is 7.29. The SMILES string of the molecule is C=Cc1ccc2ccc(C(C)OC(=O)C3CCCN(C(=O)C(C)NC(=O)C(NC(=O)C(C)C=CC)C(C)C)N3)nc2c1. The van der Waals surface area contributed by atoms with Gasteiger partial charge in [0.2, 0.25) is 11.8 Å². The second-order valence-corrected chi connectivity index (χ2v) is 11.1. The fourth-order valence-electron chi connectivity index (χ4n) is 4.73. The largest absolute Gasteiger partial charge is 0.455 e. The van der Waals surface area contributed by atoms with Crippen LogP contribution >= 0.6 is 0 Å². The Balaban J connectivity index is 1.59. The van der Waals surface area contributed by atoms with E-state index in [0.717, 1.165) is 16.5 Å². The lowest BCUT2D eigenvalue weighted by Gasteiger charge is -2.35. The number of fused-ring (bicyclic) bond motifs is 1. The number of amides is 3. The van der Waals surface area contributed by atoms with Crippen LogP contribution < -0.4 is 16.1 Å². The number of ether oxygens (including phenoxy) is 1. The van der Waals surface area contributed by atoms with Crippen LogP contribution in [0, 0.1) is 11.8 Å². The smallest absolute Gasteiger partial charge is 0.325 e. The topological polar surface area (TPSA) is 130 Å². The number of hydrazine groups is 1. The first-order chi connectivity index (χ1) is 19.9. The van der Waals surface area contributed by atoms with Crippen LogP contribution in [0.25, 0.3) is 17.0 Å². The van der Waals surface area contributed by atoms with E-state index in [0.29, 0.717) is 25.1 Å². The van der Waals surface area contributed by atoms with Crippen molar-refractivity contribution in [3.63, 3.8) is 0 Å². The van der Waals surface area contributed by atoms with Crippen LogP contribution in [-0.2, 0) is 23.9 Å². The van der Waals surface area contributed by atoms with Crippen molar-refractivity contribution in [1.29, 1.82) is 0 Å². The fourth-order valence-corrected chi connectivity index (χ4v) is 4.73. The quantitative estimate of drug-likeness (QED) is 0.273. The fraction of sp³-hybridized carbons (Fsp3) is 0.469. The van der Waals surface area contributed by atoms with Gasteiger partial charge in [-0.2, -0.15) is 0 Å². The van der Waals surface area contributed by atoms with Crippen molar-refractivity contribution in [2.75, 3.05) is 6.54 Å². The molecule has 3 rings (SSSR count). The highest BCUT2D eigenvalue weighted by Gasteiger charge is 2.34. The number of hydrogen-bond donors (Lipinski definition) is 3. The molecule has 1 aliphatic rings. The highest BCUT2D eigenvalue weighted by Crippen LogP contribution is 2.22. The average molecular weight is 578 g/mol. The van der Waals surface area contributed by atoms with Crippen LogP contribution in [0.5, 0.6) is 0 Å². The van der Waals surface area contributed by atoms with Gasteiger partial charge < -0.3 is 15.4 Å². The average Bonchev–Trinajstić information content (AvgIpc) is 2.98. The van der Waals surface area contributed by atoms with Gasteiger partial charge in [-0.3, -0.25) is 24.2 Å². The number of carbonyl (C=O) groups excluding carboxylic acids is 4. The summed E-state index contributed by atoms with van der Waals surface area (Å²) < 4.78 is 5.73. The van der Waals surface area contributed by atoms with E-state index in [1.807, 2.05) is 51.1 Å². The van der Waals surface area contributed by atoms with Gasteiger partial charge in [0.1, 0.15) is 24.2 Å². The lowest BCUT2D eigenvalue weighted by atomic mass is 10.0. The zero-order chi connectivity index (χ0) is 31.0. The molecule has 1 aromatic carbocycles. The number of rotatable bonds is 11. The van der Waals surface area contributed by atoms with Crippen molar-refractivity contribution >= 4 is 40.7 Å². The van der Waals surface area contributed by atoms with E-state index in [1.54, 1.807) is 39.0 Å². The Kier molecular flexibility index (Phi) is 11.4. The second-order valence-electron chi connectivity index (χ2n) is 11.1. The molecule has 0 saturated carbocycles. The summed E-state index contributed by atoms with van der Waals surface area (Å²) in [6.45, 7) is 14.7. The molecule has 0 aliphatic carbocycles. The van der Waals surface area contributed by atoms with Crippen molar-refractivity contribution in [2.45, 2.75) is 78.6 Å². The van der Waals surface area contributed by atoms with Crippen molar-refractivity contribution in [3.8, 4) is 0 Å². The molecule has 0 radical (unpaired) electrons. The van der Waals surface area contributed by atoms with Gasteiger partial charge in [-0.15, -0.1) is 0 Å². The number of nitrogens with one attached hydrogen (secondary N) is 3. The molecule has 226 valence electrons. The molecule has 5 atom stereocenters. The number of pyridine rings is 1. The molecule has 0 bridgehead atoms. The molecule has 5 unspecified atom stereocenters. The summed E-state index contributed by atoms with van der Waals surface area (Å²) in [5.74, 6) is -2.17. The minimum absolute atomic E-state index is 0.190. The summed E-state index contributed by atoms with van der Waals surface area (Å²) in [6, 6.07) is 7.20. The van der Waals surface area contributed by atoms with E-state index in [1.165, 1.54) is 5.01 Å². The van der Waals surface area contributed by atoms with Gasteiger partial charge in [0.15, 0.2) is 0 Å². The lowest BCUT2D eigenvalue weighted by Crippen LogP contribution is -2.61. The molecule has 0 spiro atoms. The molecule has 1 aliphatic heterocycles. The molecule has 2 heterocycles. The van der Waals surface area contributed by atoms with Gasteiger partial charge in [0, 0.05) is 11.9 Å².